The number of ether oxygens (including phenoxy) is 1. The molecule has 1 rings (SSSR count). The van der Waals surface area contributed by atoms with Crippen LogP contribution in [0.3, 0.4) is 0 Å². The summed E-state index contributed by atoms with van der Waals surface area (Å²) in [4.78, 5) is 10.9. The van der Waals surface area contributed by atoms with E-state index in [-0.39, 0.29) is 5.75 Å². The Bertz CT molecular complexity index is 404. The Morgan fingerprint density at radius 1 is 1.50 bits per heavy atom. The summed E-state index contributed by atoms with van der Waals surface area (Å²) < 4.78 is 17.9. The third kappa shape index (κ3) is 2.62. The number of carboxylic acid groups (broad SMARTS) is 1. The maximum Gasteiger partial charge on any atom is 0.328 e. The number of carbonyl (C=O) groups is 1. The summed E-state index contributed by atoms with van der Waals surface area (Å²) in [5.74, 6) is -1.16. The largest absolute Gasteiger partial charge is 0.494 e. The number of nitrogens with one attached hydrogen (secondary N) is 1. The fraction of sp³-hybridized carbons (Fsp3) is 0.364. The van der Waals surface area contributed by atoms with Crippen LogP contribution in [0, 0.1) is 5.82 Å². The number of hydrogen-bond donors (Lipinski definition) is 2. The predicted molar refractivity (Wildman–Crippen MR) is 58.3 cm³/mol. The van der Waals surface area contributed by atoms with Crippen LogP contribution in [0.5, 0.6) is 5.75 Å². The molecule has 0 amide bonds. The fourth-order valence-corrected chi connectivity index (χ4v) is 1.16. The minimum atomic E-state index is -1.15. The summed E-state index contributed by atoms with van der Waals surface area (Å²) in [6.07, 6.45) is 0. The molecule has 0 aliphatic carbocycles. The van der Waals surface area contributed by atoms with Crippen LogP contribution < -0.4 is 10.1 Å². The molecule has 0 heterocycles. The van der Waals surface area contributed by atoms with Crippen LogP contribution in [0.15, 0.2) is 18.2 Å². The van der Waals surface area contributed by atoms with Gasteiger partial charge >= 0.3 is 5.97 Å². The smallest absolute Gasteiger partial charge is 0.328 e. The first-order valence-electron chi connectivity index (χ1n) is 4.72. The Kier molecular flexibility index (Phi) is 3.37. The number of carboxylic acids is 1. The van der Waals surface area contributed by atoms with E-state index in [1.165, 1.54) is 39.2 Å². The zero-order valence-electron chi connectivity index (χ0n) is 9.37. The van der Waals surface area contributed by atoms with Crippen molar-refractivity contribution < 1.29 is 19.0 Å². The lowest BCUT2D eigenvalue weighted by atomic mass is 10.1. The van der Waals surface area contributed by atoms with E-state index in [0.29, 0.717) is 5.69 Å². The summed E-state index contributed by atoms with van der Waals surface area (Å²) in [7, 11) is 1.40. The lowest BCUT2D eigenvalue weighted by Crippen LogP contribution is -2.40. The molecule has 0 saturated carbocycles. The highest BCUT2D eigenvalue weighted by molar-refractivity contribution is 5.82. The molecule has 5 heteroatoms. The van der Waals surface area contributed by atoms with Gasteiger partial charge in [0.05, 0.1) is 12.8 Å². The molecule has 1 aromatic rings. The van der Waals surface area contributed by atoms with Crippen molar-refractivity contribution in [3.8, 4) is 5.75 Å². The molecule has 0 aromatic heterocycles. The predicted octanol–water partition coefficient (Wildman–Crippen LogP) is 2.11. The van der Waals surface area contributed by atoms with Gasteiger partial charge in [-0.3, -0.25) is 0 Å². The van der Waals surface area contributed by atoms with Crippen molar-refractivity contribution >= 4 is 11.7 Å². The van der Waals surface area contributed by atoms with Crippen LogP contribution in [0.2, 0.25) is 0 Å². The maximum absolute atomic E-state index is 12.9. The zero-order valence-corrected chi connectivity index (χ0v) is 9.37. The molecule has 4 nitrogen and oxygen atoms in total. The molecule has 0 bridgehead atoms. The van der Waals surface area contributed by atoms with Gasteiger partial charge in [0, 0.05) is 6.07 Å². The molecular weight excluding hydrogens is 213 g/mol. The summed E-state index contributed by atoms with van der Waals surface area (Å²) in [6, 6.07) is 3.88. The van der Waals surface area contributed by atoms with Gasteiger partial charge in [-0.2, -0.15) is 0 Å². The molecule has 0 unspecified atom stereocenters. The molecular formula is C11H14FNO3. The lowest BCUT2D eigenvalue weighted by molar-refractivity contribution is -0.141. The number of hydrogen-bond acceptors (Lipinski definition) is 3. The molecule has 16 heavy (non-hydrogen) atoms. The first-order valence-corrected chi connectivity index (χ1v) is 4.72. The van der Waals surface area contributed by atoms with Gasteiger partial charge in [-0.05, 0) is 26.0 Å². The number of benzene rings is 1. The Labute approximate surface area is 93.0 Å². The summed E-state index contributed by atoms with van der Waals surface area (Å²) in [5.41, 5.74) is -0.707. The van der Waals surface area contributed by atoms with Crippen LogP contribution in [-0.2, 0) is 4.79 Å². The minimum Gasteiger partial charge on any atom is -0.494 e. The van der Waals surface area contributed by atoms with Crippen molar-refractivity contribution in [2.75, 3.05) is 12.4 Å². The number of rotatable bonds is 4. The first kappa shape index (κ1) is 12.3. The number of methoxy groups -OCH3 is 1. The van der Waals surface area contributed by atoms with Gasteiger partial charge < -0.3 is 15.2 Å². The van der Waals surface area contributed by atoms with Gasteiger partial charge in [-0.25, -0.2) is 9.18 Å². The Hall–Kier alpha value is -1.78. The number of aliphatic carboxylic acids is 1. The van der Waals surface area contributed by atoms with Crippen molar-refractivity contribution in [1.82, 2.24) is 0 Å². The quantitative estimate of drug-likeness (QED) is 0.827. The molecule has 0 spiro atoms. The summed E-state index contributed by atoms with van der Waals surface area (Å²) >= 11 is 0. The Balaban J connectivity index is 3.01. The van der Waals surface area contributed by atoms with Crippen molar-refractivity contribution in [3.05, 3.63) is 24.0 Å². The second-order valence-corrected chi connectivity index (χ2v) is 3.90. The molecule has 0 saturated heterocycles. The second kappa shape index (κ2) is 4.38. The van der Waals surface area contributed by atoms with Gasteiger partial charge in [-0.1, -0.05) is 0 Å². The van der Waals surface area contributed by atoms with Crippen LogP contribution in [0.4, 0.5) is 10.1 Å². The highest BCUT2D eigenvalue weighted by Gasteiger charge is 2.27. The molecule has 0 aliphatic rings. The highest BCUT2D eigenvalue weighted by Crippen LogP contribution is 2.27. The van der Waals surface area contributed by atoms with Gasteiger partial charge in [0.15, 0.2) is 0 Å². The topological polar surface area (TPSA) is 58.6 Å². The molecule has 88 valence electrons. The number of anilines is 1. The monoisotopic (exact) mass is 227 g/mol. The molecule has 2 N–H and O–H groups in total. The SMILES string of the molecule is COc1cc(F)ccc1NC(C)(C)C(=O)O. The van der Waals surface area contributed by atoms with Crippen molar-refractivity contribution in [1.29, 1.82) is 0 Å². The third-order valence-corrected chi connectivity index (χ3v) is 2.15. The van der Waals surface area contributed by atoms with E-state index in [0.717, 1.165) is 0 Å². The fourth-order valence-electron chi connectivity index (χ4n) is 1.16. The molecule has 0 fully saturated rings. The minimum absolute atomic E-state index is 0.273. The molecule has 1 aromatic carbocycles. The highest BCUT2D eigenvalue weighted by atomic mass is 19.1. The van der Waals surface area contributed by atoms with E-state index in [2.05, 4.69) is 5.32 Å². The number of halogens is 1. The molecule has 0 atom stereocenters. The van der Waals surface area contributed by atoms with E-state index < -0.39 is 17.3 Å². The lowest BCUT2D eigenvalue weighted by Gasteiger charge is -2.23. The van der Waals surface area contributed by atoms with E-state index in [4.69, 9.17) is 9.84 Å². The second-order valence-electron chi connectivity index (χ2n) is 3.90. The van der Waals surface area contributed by atoms with E-state index in [1.807, 2.05) is 0 Å². The molecule has 0 radical (unpaired) electrons. The van der Waals surface area contributed by atoms with Gasteiger partial charge in [0.25, 0.3) is 0 Å². The normalized spacial score (nSPS) is 11.0. The maximum atomic E-state index is 12.9. The average molecular weight is 227 g/mol. The Morgan fingerprint density at radius 2 is 2.12 bits per heavy atom. The summed E-state index contributed by atoms with van der Waals surface area (Å²) in [5, 5.41) is 11.7. The Morgan fingerprint density at radius 3 is 2.62 bits per heavy atom. The molecule has 0 aliphatic heterocycles. The van der Waals surface area contributed by atoms with Crippen molar-refractivity contribution in [3.63, 3.8) is 0 Å². The standard InChI is InChI=1S/C11H14FNO3/c1-11(2,10(14)15)13-8-5-4-7(12)6-9(8)16-3/h4-6,13H,1-3H3,(H,14,15). The third-order valence-electron chi connectivity index (χ3n) is 2.15. The van der Waals surface area contributed by atoms with Crippen molar-refractivity contribution in [2.24, 2.45) is 0 Å². The van der Waals surface area contributed by atoms with Crippen molar-refractivity contribution in [2.45, 2.75) is 19.4 Å². The first-order chi connectivity index (χ1) is 7.36. The summed E-state index contributed by atoms with van der Waals surface area (Å²) in [6.45, 7) is 3.02. The van der Waals surface area contributed by atoms with E-state index in [9.17, 15) is 9.18 Å². The zero-order chi connectivity index (χ0) is 12.3. The van der Waals surface area contributed by atoms with Gasteiger partial charge in [-0.15, -0.1) is 0 Å². The van der Waals surface area contributed by atoms with E-state index in [1.54, 1.807) is 0 Å². The average Bonchev–Trinajstić information content (AvgIpc) is 2.20. The van der Waals surface area contributed by atoms with Crippen LogP contribution in [0.25, 0.3) is 0 Å². The van der Waals surface area contributed by atoms with Crippen LogP contribution >= 0.6 is 0 Å². The van der Waals surface area contributed by atoms with Gasteiger partial charge in [0.1, 0.15) is 17.1 Å². The van der Waals surface area contributed by atoms with E-state index >= 15 is 0 Å². The van der Waals surface area contributed by atoms with Crippen LogP contribution in [0.1, 0.15) is 13.8 Å². The van der Waals surface area contributed by atoms with Crippen LogP contribution in [-0.4, -0.2) is 23.7 Å². The van der Waals surface area contributed by atoms with Gasteiger partial charge in [0.2, 0.25) is 0 Å².